The van der Waals surface area contributed by atoms with Crippen molar-refractivity contribution in [3.8, 4) is 0 Å². The van der Waals surface area contributed by atoms with Crippen LogP contribution in [0.15, 0.2) is 42.6 Å². The lowest BCUT2D eigenvalue weighted by atomic mass is 10.1. The van der Waals surface area contributed by atoms with Crippen LogP contribution in [-0.4, -0.2) is 29.6 Å². The predicted molar refractivity (Wildman–Crippen MR) is 82.1 cm³/mol. The highest BCUT2D eigenvalue weighted by Gasteiger charge is 2.15. The van der Waals surface area contributed by atoms with E-state index in [0.717, 1.165) is 44.2 Å². The first-order valence-corrected chi connectivity index (χ1v) is 7.27. The fourth-order valence-electron chi connectivity index (χ4n) is 2.29. The van der Waals surface area contributed by atoms with Crippen LogP contribution >= 0.6 is 0 Å². The van der Waals surface area contributed by atoms with Crippen LogP contribution < -0.4 is 10.2 Å². The Morgan fingerprint density at radius 1 is 1.10 bits per heavy atom. The van der Waals surface area contributed by atoms with E-state index in [1.165, 1.54) is 12.0 Å². The highest BCUT2D eigenvalue weighted by atomic mass is 15.3. The van der Waals surface area contributed by atoms with Crippen LogP contribution in [0.3, 0.4) is 0 Å². The Labute approximate surface area is 119 Å². The first-order valence-electron chi connectivity index (χ1n) is 7.27. The molecule has 4 nitrogen and oxygen atoms in total. The van der Waals surface area contributed by atoms with Gasteiger partial charge in [0, 0.05) is 25.8 Å². The lowest BCUT2D eigenvalue weighted by Crippen LogP contribution is -2.37. The zero-order valence-electron chi connectivity index (χ0n) is 11.6. The van der Waals surface area contributed by atoms with Crippen LogP contribution in [0.1, 0.15) is 18.4 Å². The Balaban J connectivity index is 1.46. The van der Waals surface area contributed by atoms with Gasteiger partial charge in [0.25, 0.3) is 0 Å². The maximum absolute atomic E-state index is 4.54. The van der Waals surface area contributed by atoms with Gasteiger partial charge in [0.2, 0.25) is 5.95 Å². The molecule has 1 aromatic carbocycles. The van der Waals surface area contributed by atoms with Crippen molar-refractivity contribution >= 4 is 11.8 Å². The van der Waals surface area contributed by atoms with Gasteiger partial charge in [0.15, 0.2) is 0 Å². The molecule has 2 heterocycles. The molecule has 1 aliphatic heterocycles. The summed E-state index contributed by atoms with van der Waals surface area (Å²) in [7, 11) is 0. The number of rotatable bonds is 6. The summed E-state index contributed by atoms with van der Waals surface area (Å²) < 4.78 is 0. The summed E-state index contributed by atoms with van der Waals surface area (Å²) in [6.45, 7) is 3.13. The van der Waals surface area contributed by atoms with Crippen molar-refractivity contribution in [2.24, 2.45) is 0 Å². The van der Waals surface area contributed by atoms with Crippen molar-refractivity contribution in [3.05, 3.63) is 48.2 Å². The Bertz CT molecular complexity index is 537. The largest absolute Gasteiger partial charge is 0.356 e. The van der Waals surface area contributed by atoms with Gasteiger partial charge in [0.05, 0.1) is 0 Å². The van der Waals surface area contributed by atoms with Crippen molar-refractivity contribution in [2.45, 2.75) is 19.3 Å². The summed E-state index contributed by atoms with van der Waals surface area (Å²) in [5.41, 5.74) is 1.38. The number of hydrogen-bond acceptors (Lipinski definition) is 4. The number of nitrogens with zero attached hydrogens (tertiary/aromatic N) is 3. The zero-order chi connectivity index (χ0) is 13.6. The third-order valence-corrected chi connectivity index (χ3v) is 3.59. The van der Waals surface area contributed by atoms with Crippen LogP contribution in [0.5, 0.6) is 0 Å². The van der Waals surface area contributed by atoms with Gasteiger partial charge in [-0.25, -0.2) is 4.98 Å². The van der Waals surface area contributed by atoms with E-state index in [2.05, 4.69) is 50.5 Å². The maximum Gasteiger partial charge on any atom is 0.224 e. The molecule has 0 aliphatic carbocycles. The Morgan fingerprint density at radius 2 is 1.95 bits per heavy atom. The van der Waals surface area contributed by atoms with E-state index in [9.17, 15) is 0 Å². The molecular weight excluding hydrogens is 248 g/mol. The third kappa shape index (κ3) is 3.26. The summed E-state index contributed by atoms with van der Waals surface area (Å²) in [6.07, 6.45) is 5.27. The lowest BCUT2D eigenvalue weighted by Gasteiger charge is -2.31. The molecule has 0 atom stereocenters. The van der Waals surface area contributed by atoms with Gasteiger partial charge < -0.3 is 10.2 Å². The minimum absolute atomic E-state index is 0.738. The molecule has 0 bridgehead atoms. The maximum atomic E-state index is 4.54. The van der Waals surface area contributed by atoms with E-state index < -0.39 is 0 Å². The fourth-order valence-corrected chi connectivity index (χ4v) is 2.29. The Hall–Kier alpha value is -2.10. The number of aromatic nitrogens is 2. The minimum atomic E-state index is 0.738. The van der Waals surface area contributed by atoms with Crippen molar-refractivity contribution in [2.75, 3.05) is 29.9 Å². The molecule has 0 saturated carbocycles. The highest BCUT2D eigenvalue weighted by Crippen LogP contribution is 2.18. The molecule has 20 heavy (non-hydrogen) atoms. The van der Waals surface area contributed by atoms with Gasteiger partial charge >= 0.3 is 0 Å². The molecule has 0 radical (unpaired) electrons. The topological polar surface area (TPSA) is 41.1 Å². The van der Waals surface area contributed by atoms with Crippen LogP contribution in [0.4, 0.5) is 11.8 Å². The van der Waals surface area contributed by atoms with Gasteiger partial charge in [-0.05, 0) is 30.9 Å². The van der Waals surface area contributed by atoms with Crippen LogP contribution in [0.25, 0.3) is 0 Å². The highest BCUT2D eigenvalue weighted by molar-refractivity contribution is 5.44. The van der Waals surface area contributed by atoms with Gasteiger partial charge in [-0.1, -0.05) is 30.3 Å². The summed E-state index contributed by atoms with van der Waals surface area (Å²) in [5, 5.41) is 3.31. The minimum Gasteiger partial charge on any atom is -0.356 e. The average Bonchev–Trinajstić information content (AvgIpc) is 2.43. The molecule has 0 unspecified atom stereocenters. The van der Waals surface area contributed by atoms with Crippen LogP contribution in [-0.2, 0) is 6.42 Å². The third-order valence-electron chi connectivity index (χ3n) is 3.59. The molecule has 104 valence electrons. The zero-order valence-corrected chi connectivity index (χ0v) is 11.6. The summed E-state index contributed by atoms with van der Waals surface area (Å²) in [5.74, 6) is 1.78. The molecule has 1 aromatic heterocycles. The molecule has 4 heteroatoms. The molecule has 1 aliphatic rings. The second-order valence-electron chi connectivity index (χ2n) is 5.09. The second kappa shape index (κ2) is 6.37. The van der Waals surface area contributed by atoms with Crippen LogP contribution in [0, 0.1) is 0 Å². The van der Waals surface area contributed by atoms with E-state index in [1.807, 2.05) is 12.3 Å². The van der Waals surface area contributed by atoms with Crippen LogP contribution in [0.2, 0.25) is 0 Å². The number of aryl methyl sites for hydroxylation is 1. The molecule has 3 rings (SSSR count). The van der Waals surface area contributed by atoms with Crippen molar-refractivity contribution in [1.82, 2.24) is 9.97 Å². The lowest BCUT2D eigenvalue weighted by molar-refractivity contribution is 0.609. The number of hydrogen-bond donors (Lipinski definition) is 1. The molecule has 1 N–H and O–H groups in total. The molecule has 1 saturated heterocycles. The summed E-state index contributed by atoms with van der Waals surface area (Å²) in [4.78, 5) is 11.1. The summed E-state index contributed by atoms with van der Waals surface area (Å²) >= 11 is 0. The van der Waals surface area contributed by atoms with E-state index >= 15 is 0 Å². The predicted octanol–water partition coefficient (Wildman–Crippen LogP) is 2.73. The number of anilines is 2. The molecule has 0 amide bonds. The Morgan fingerprint density at radius 3 is 2.70 bits per heavy atom. The first-order chi connectivity index (χ1) is 9.92. The molecular formula is C16H20N4. The monoisotopic (exact) mass is 268 g/mol. The standard InChI is InChI=1S/C16H20N4/c1-2-6-14(7-3-1)8-4-10-17-16-18-11-9-15(19-16)20-12-5-13-20/h1-3,6-7,9,11H,4-5,8,10,12-13H2,(H,17,18,19). The fraction of sp³-hybridized carbons (Fsp3) is 0.375. The van der Waals surface area contributed by atoms with Gasteiger partial charge in [-0.15, -0.1) is 0 Å². The van der Waals surface area contributed by atoms with E-state index in [-0.39, 0.29) is 0 Å². The van der Waals surface area contributed by atoms with E-state index in [0.29, 0.717) is 0 Å². The van der Waals surface area contributed by atoms with Gasteiger partial charge in [-0.3, -0.25) is 0 Å². The average molecular weight is 268 g/mol. The van der Waals surface area contributed by atoms with E-state index in [1.54, 1.807) is 0 Å². The second-order valence-corrected chi connectivity index (χ2v) is 5.09. The quantitative estimate of drug-likeness (QED) is 0.818. The number of benzene rings is 1. The number of nitrogens with one attached hydrogen (secondary N) is 1. The van der Waals surface area contributed by atoms with Gasteiger partial charge in [0.1, 0.15) is 5.82 Å². The SMILES string of the molecule is c1ccc(CCCNc2nccc(N3CCC3)n2)cc1. The van der Waals surface area contributed by atoms with Crippen molar-refractivity contribution in [1.29, 1.82) is 0 Å². The van der Waals surface area contributed by atoms with E-state index in [4.69, 9.17) is 0 Å². The summed E-state index contributed by atoms with van der Waals surface area (Å²) in [6, 6.07) is 12.5. The van der Waals surface area contributed by atoms with Crippen molar-refractivity contribution in [3.63, 3.8) is 0 Å². The first kappa shape index (κ1) is 12.9. The van der Waals surface area contributed by atoms with Crippen molar-refractivity contribution < 1.29 is 0 Å². The Kier molecular flexibility index (Phi) is 4.11. The molecule has 1 fully saturated rings. The van der Waals surface area contributed by atoms with Gasteiger partial charge in [-0.2, -0.15) is 4.98 Å². The molecule has 2 aromatic rings. The normalized spacial score (nSPS) is 13.9. The molecule has 0 spiro atoms. The smallest absolute Gasteiger partial charge is 0.224 e.